The number of hydrogen-bond acceptors (Lipinski definition) is 3. The first-order valence-electron chi connectivity index (χ1n) is 4.70. The maximum atomic E-state index is 12.4. The molecule has 90 valence electrons. The van der Waals surface area contributed by atoms with E-state index in [0.29, 0.717) is 5.56 Å². The molecule has 0 radical (unpaired) electrons. The molecule has 2 aromatic rings. The number of alkyl halides is 3. The molecule has 7 heteroatoms. The van der Waals surface area contributed by atoms with Crippen LogP contribution >= 0.6 is 0 Å². The van der Waals surface area contributed by atoms with Crippen LogP contribution in [0.2, 0.25) is 0 Å². The summed E-state index contributed by atoms with van der Waals surface area (Å²) < 4.78 is 38.1. The lowest BCUT2D eigenvalue weighted by Crippen LogP contribution is -2.09. The molecule has 0 saturated carbocycles. The van der Waals surface area contributed by atoms with Gasteiger partial charge in [0.25, 0.3) is 0 Å². The number of hydrogen-bond donors (Lipinski definition) is 1. The van der Waals surface area contributed by atoms with Crippen molar-refractivity contribution >= 4 is 0 Å². The van der Waals surface area contributed by atoms with Crippen molar-refractivity contribution in [3.8, 4) is 5.82 Å². The number of aliphatic hydroxyl groups is 1. The lowest BCUT2D eigenvalue weighted by Gasteiger charge is -2.05. The van der Waals surface area contributed by atoms with Gasteiger partial charge in [0.1, 0.15) is 0 Å². The van der Waals surface area contributed by atoms with Crippen LogP contribution in [0.4, 0.5) is 13.2 Å². The summed E-state index contributed by atoms with van der Waals surface area (Å²) in [5.74, 6) is 0.186. The van der Waals surface area contributed by atoms with Gasteiger partial charge in [0.2, 0.25) is 0 Å². The van der Waals surface area contributed by atoms with Gasteiger partial charge in [-0.25, -0.2) is 9.67 Å². The van der Waals surface area contributed by atoms with Crippen LogP contribution in [0, 0.1) is 0 Å². The van der Waals surface area contributed by atoms with Crippen LogP contribution in [-0.2, 0) is 12.8 Å². The molecule has 2 aromatic heterocycles. The highest BCUT2D eigenvalue weighted by Gasteiger charge is 2.33. The number of aromatic nitrogens is 3. The fourth-order valence-electron chi connectivity index (χ4n) is 1.35. The Morgan fingerprint density at radius 2 is 2.06 bits per heavy atom. The number of pyridine rings is 1. The molecule has 1 N–H and O–H groups in total. The Balaban J connectivity index is 2.44. The molecule has 0 saturated heterocycles. The van der Waals surface area contributed by atoms with Crippen LogP contribution in [0.3, 0.4) is 0 Å². The van der Waals surface area contributed by atoms with Crippen molar-refractivity contribution in [1.29, 1.82) is 0 Å². The number of halogens is 3. The van der Waals surface area contributed by atoms with Gasteiger partial charge < -0.3 is 5.11 Å². The second-order valence-electron chi connectivity index (χ2n) is 3.29. The third-order valence-electron chi connectivity index (χ3n) is 2.13. The molecular formula is C10H8F3N3O. The van der Waals surface area contributed by atoms with Gasteiger partial charge in [-0.3, -0.25) is 0 Å². The van der Waals surface area contributed by atoms with Crippen LogP contribution in [0.5, 0.6) is 0 Å². The molecule has 0 unspecified atom stereocenters. The third-order valence-corrected chi connectivity index (χ3v) is 2.13. The van der Waals surface area contributed by atoms with Crippen molar-refractivity contribution in [3.63, 3.8) is 0 Å². The maximum absolute atomic E-state index is 12.4. The average molecular weight is 243 g/mol. The fraction of sp³-hybridized carbons (Fsp3) is 0.200. The van der Waals surface area contributed by atoms with E-state index in [0.717, 1.165) is 16.9 Å². The first kappa shape index (κ1) is 11.6. The molecule has 2 heterocycles. The Morgan fingerprint density at radius 1 is 1.29 bits per heavy atom. The maximum Gasteiger partial charge on any atom is 0.435 e. The zero-order chi connectivity index (χ0) is 12.5. The summed E-state index contributed by atoms with van der Waals surface area (Å²) in [6.07, 6.45) is -1.91. The molecule has 4 nitrogen and oxygen atoms in total. The number of rotatable bonds is 2. The summed E-state index contributed by atoms with van der Waals surface area (Å²) in [5.41, 5.74) is -0.587. The first-order valence-corrected chi connectivity index (χ1v) is 4.70. The molecule has 0 spiro atoms. The van der Waals surface area contributed by atoms with Crippen LogP contribution in [0.15, 0.2) is 30.6 Å². The van der Waals surface area contributed by atoms with Crippen molar-refractivity contribution in [3.05, 3.63) is 41.9 Å². The van der Waals surface area contributed by atoms with Gasteiger partial charge in [-0.15, -0.1) is 0 Å². The Bertz CT molecular complexity index is 522. The van der Waals surface area contributed by atoms with E-state index in [1.165, 1.54) is 6.20 Å². The Kier molecular flexibility index (Phi) is 2.84. The van der Waals surface area contributed by atoms with E-state index >= 15 is 0 Å². The highest BCUT2D eigenvalue weighted by molar-refractivity contribution is 5.32. The predicted octanol–water partition coefficient (Wildman–Crippen LogP) is 1.78. The molecule has 0 aliphatic carbocycles. The first-order chi connectivity index (χ1) is 8.02. The van der Waals surface area contributed by atoms with Crippen molar-refractivity contribution in [2.45, 2.75) is 12.8 Å². The zero-order valence-electron chi connectivity index (χ0n) is 8.52. The van der Waals surface area contributed by atoms with Gasteiger partial charge in [-0.1, -0.05) is 6.07 Å². The lowest BCUT2D eigenvalue weighted by molar-refractivity contribution is -0.141. The molecule has 2 rings (SSSR count). The van der Waals surface area contributed by atoms with E-state index in [9.17, 15) is 13.2 Å². The van der Waals surface area contributed by atoms with Crippen LogP contribution in [-0.4, -0.2) is 19.9 Å². The third kappa shape index (κ3) is 2.28. The van der Waals surface area contributed by atoms with Gasteiger partial charge in [-0.2, -0.15) is 18.3 Å². The predicted molar refractivity (Wildman–Crippen MR) is 52.3 cm³/mol. The zero-order valence-corrected chi connectivity index (χ0v) is 8.52. The largest absolute Gasteiger partial charge is 0.435 e. The minimum absolute atomic E-state index is 0.186. The summed E-state index contributed by atoms with van der Waals surface area (Å²) in [6, 6.07) is 4.01. The standard InChI is InChI=1S/C10H8F3N3O/c11-10(12,13)8-3-5-16(15-8)9-7(6-17)2-1-4-14-9/h1-5,17H,6H2. The molecule has 0 amide bonds. The van der Waals surface area contributed by atoms with Crippen LogP contribution < -0.4 is 0 Å². The molecular weight excluding hydrogens is 235 g/mol. The summed E-state index contributed by atoms with van der Waals surface area (Å²) in [6.45, 7) is -0.315. The molecule has 0 fully saturated rings. The van der Waals surface area contributed by atoms with Crippen molar-refractivity contribution in [1.82, 2.24) is 14.8 Å². The van der Waals surface area contributed by atoms with Crippen molar-refractivity contribution in [2.75, 3.05) is 0 Å². The van der Waals surface area contributed by atoms with E-state index in [4.69, 9.17) is 5.11 Å². The second kappa shape index (κ2) is 4.17. The van der Waals surface area contributed by atoms with Gasteiger partial charge in [0.15, 0.2) is 11.5 Å². The van der Waals surface area contributed by atoms with E-state index < -0.39 is 11.9 Å². The van der Waals surface area contributed by atoms with E-state index in [-0.39, 0.29) is 12.4 Å². The van der Waals surface area contributed by atoms with Gasteiger partial charge in [0, 0.05) is 18.0 Å². The Labute approximate surface area is 94.3 Å². The summed E-state index contributed by atoms with van der Waals surface area (Å²) >= 11 is 0. The molecule has 0 bridgehead atoms. The van der Waals surface area contributed by atoms with Crippen molar-refractivity contribution in [2.24, 2.45) is 0 Å². The van der Waals surface area contributed by atoms with Gasteiger partial charge in [-0.05, 0) is 12.1 Å². The molecule has 0 aliphatic rings. The van der Waals surface area contributed by atoms with Crippen molar-refractivity contribution < 1.29 is 18.3 Å². The Morgan fingerprint density at radius 3 is 2.65 bits per heavy atom. The van der Waals surface area contributed by atoms with Gasteiger partial charge in [0.05, 0.1) is 6.61 Å². The summed E-state index contributed by atoms with van der Waals surface area (Å²) in [5, 5.41) is 12.4. The van der Waals surface area contributed by atoms with Gasteiger partial charge >= 0.3 is 6.18 Å². The quantitative estimate of drug-likeness (QED) is 0.874. The van der Waals surface area contributed by atoms with E-state index in [1.807, 2.05) is 0 Å². The normalized spacial score (nSPS) is 11.8. The Hall–Kier alpha value is -1.89. The lowest BCUT2D eigenvalue weighted by atomic mass is 10.3. The molecule has 0 aliphatic heterocycles. The molecule has 17 heavy (non-hydrogen) atoms. The smallest absolute Gasteiger partial charge is 0.392 e. The SMILES string of the molecule is OCc1cccnc1-n1ccc(C(F)(F)F)n1. The van der Waals surface area contributed by atoms with Crippen LogP contribution in [0.1, 0.15) is 11.3 Å². The molecule has 0 atom stereocenters. The minimum atomic E-state index is -4.49. The van der Waals surface area contributed by atoms with Crippen LogP contribution in [0.25, 0.3) is 5.82 Å². The van der Waals surface area contributed by atoms with E-state index in [1.54, 1.807) is 12.1 Å². The number of aliphatic hydroxyl groups excluding tert-OH is 1. The fourth-order valence-corrected chi connectivity index (χ4v) is 1.35. The average Bonchev–Trinajstić information content (AvgIpc) is 2.77. The highest BCUT2D eigenvalue weighted by Crippen LogP contribution is 2.27. The minimum Gasteiger partial charge on any atom is -0.392 e. The molecule has 0 aromatic carbocycles. The monoisotopic (exact) mass is 243 g/mol. The summed E-state index contributed by atoms with van der Waals surface area (Å²) in [7, 11) is 0. The number of nitrogens with zero attached hydrogens (tertiary/aromatic N) is 3. The van der Waals surface area contributed by atoms with E-state index in [2.05, 4.69) is 10.1 Å². The topological polar surface area (TPSA) is 50.9 Å². The summed E-state index contributed by atoms with van der Waals surface area (Å²) in [4.78, 5) is 3.89. The second-order valence-corrected chi connectivity index (χ2v) is 3.29. The highest BCUT2D eigenvalue weighted by atomic mass is 19.4.